The van der Waals surface area contributed by atoms with Gasteiger partial charge in [-0.3, -0.25) is 19.5 Å². The number of hydrogen-bond acceptors (Lipinski definition) is 5. The summed E-state index contributed by atoms with van der Waals surface area (Å²) >= 11 is 1.92. The number of nitrogens with zero attached hydrogens (tertiary/aromatic N) is 4. The average molecular weight is 334 g/mol. The van der Waals surface area contributed by atoms with Crippen LogP contribution in [-0.4, -0.2) is 55.4 Å². The molecule has 1 aliphatic rings. The van der Waals surface area contributed by atoms with Gasteiger partial charge in [0.1, 0.15) is 0 Å². The highest BCUT2D eigenvalue weighted by molar-refractivity contribution is 7.99. The Morgan fingerprint density at radius 2 is 2.35 bits per heavy atom. The molecule has 3 rings (SSSR count). The van der Waals surface area contributed by atoms with Crippen LogP contribution in [0.4, 0.5) is 5.69 Å². The first-order valence-corrected chi connectivity index (χ1v) is 8.82. The van der Waals surface area contributed by atoms with Gasteiger partial charge in [0.2, 0.25) is 5.91 Å². The second-order valence-electron chi connectivity index (χ2n) is 5.87. The van der Waals surface area contributed by atoms with Crippen molar-refractivity contribution in [3.8, 4) is 0 Å². The van der Waals surface area contributed by atoms with Gasteiger partial charge in [0.15, 0.2) is 0 Å². The van der Waals surface area contributed by atoms with Crippen molar-refractivity contribution in [1.29, 1.82) is 0 Å². The van der Waals surface area contributed by atoms with Crippen molar-refractivity contribution < 1.29 is 4.79 Å². The van der Waals surface area contributed by atoms with Gasteiger partial charge in [0, 0.05) is 42.9 Å². The number of carbonyl (C=O) groups is 1. The minimum absolute atomic E-state index is 0.00149. The molecular formula is C15H22N6OS. The molecule has 1 saturated heterocycles. The van der Waals surface area contributed by atoms with Gasteiger partial charge in [0.25, 0.3) is 0 Å². The van der Waals surface area contributed by atoms with Crippen LogP contribution in [0.25, 0.3) is 0 Å². The molecule has 1 unspecified atom stereocenters. The quantitative estimate of drug-likeness (QED) is 0.886. The van der Waals surface area contributed by atoms with E-state index in [-0.39, 0.29) is 11.9 Å². The van der Waals surface area contributed by atoms with Crippen molar-refractivity contribution in [2.24, 2.45) is 7.05 Å². The molecule has 3 heterocycles. The van der Waals surface area contributed by atoms with Gasteiger partial charge in [-0.1, -0.05) is 0 Å². The molecule has 2 N–H and O–H groups in total. The third kappa shape index (κ3) is 3.59. The summed E-state index contributed by atoms with van der Waals surface area (Å²) in [7, 11) is 1.92. The van der Waals surface area contributed by atoms with Crippen LogP contribution in [0.1, 0.15) is 23.0 Å². The Balaban J connectivity index is 1.68. The lowest BCUT2D eigenvalue weighted by molar-refractivity contribution is -0.117. The normalized spacial score (nSPS) is 19.0. The van der Waals surface area contributed by atoms with Gasteiger partial charge in [0.05, 0.1) is 29.8 Å². The summed E-state index contributed by atoms with van der Waals surface area (Å²) in [6, 6.07) is 0.236. The number of carbonyl (C=O) groups excluding carboxylic acids is 1. The van der Waals surface area contributed by atoms with Crippen LogP contribution >= 0.6 is 11.8 Å². The summed E-state index contributed by atoms with van der Waals surface area (Å²) in [5, 5.41) is 14.2. The molecule has 1 amide bonds. The van der Waals surface area contributed by atoms with Crippen molar-refractivity contribution in [3.63, 3.8) is 0 Å². The van der Waals surface area contributed by atoms with Crippen LogP contribution in [0, 0.1) is 13.8 Å². The van der Waals surface area contributed by atoms with Crippen LogP contribution in [-0.2, 0) is 11.8 Å². The maximum atomic E-state index is 12.4. The summed E-state index contributed by atoms with van der Waals surface area (Å²) in [4.78, 5) is 14.7. The molecule has 1 aliphatic heterocycles. The Kier molecular flexibility index (Phi) is 4.72. The van der Waals surface area contributed by atoms with E-state index >= 15 is 0 Å². The zero-order chi connectivity index (χ0) is 16.4. The third-order valence-corrected chi connectivity index (χ3v) is 5.11. The largest absolute Gasteiger partial charge is 0.322 e. The molecule has 0 radical (unpaired) electrons. The monoisotopic (exact) mass is 334 g/mol. The van der Waals surface area contributed by atoms with E-state index in [1.165, 1.54) is 5.56 Å². The molecule has 0 aromatic carbocycles. The zero-order valence-electron chi connectivity index (χ0n) is 13.7. The summed E-state index contributed by atoms with van der Waals surface area (Å²) in [5.74, 6) is 2.04. The second-order valence-corrected chi connectivity index (χ2v) is 7.02. The van der Waals surface area contributed by atoms with E-state index in [0.717, 1.165) is 35.1 Å². The summed E-state index contributed by atoms with van der Waals surface area (Å²) in [6.07, 6.45) is 3.93. The van der Waals surface area contributed by atoms with Crippen molar-refractivity contribution in [3.05, 3.63) is 29.3 Å². The predicted molar refractivity (Wildman–Crippen MR) is 91.5 cm³/mol. The number of rotatable bonds is 4. The lowest BCUT2D eigenvalue weighted by atomic mass is 10.1. The van der Waals surface area contributed by atoms with E-state index in [1.54, 1.807) is 0 Å². The minimum Gasteiger partial charge on any atom is -0.322 e. The highest BCUT2D eigenvalue weighted by atomic mass is 32.2. The summed E-state index contributed by atoms with van der Waals surface area (Å²) in [6.45, 7) is 5.08. The van der Waals surface area contributed by atoms with Crippen LogP contribution in [0.3, 0.4) is 0 Å². The lowest BCUT2D eigenvalue weighted by Gasteiger charge is -2.34. The second kappa shape index (κ2) is 6.76. The number of thioether (sulfide) groups is 1. The number of aromatic nitrogens is 4. The van der Waals surface area contributed by atoms with E-state index in [4.69, 9.17) is 0 Å². The van der Waals surface area contributed by atoms with Gasteiger partial charge in [-0.2, -0.15) is 22.0 Å². The Bertz CT molecular complexity index is 674. The van der Waals surface area contributed by atoms with Crippen LogP contribution in [0.2, 0.25) is 0 Å². The van der Waals surface area contributed by atoms with Crippen LogP contribution < -0.4 is 5.32 Å². The molecule has 0 saturated carbocycles. The molecule has 2 aromatic heterocycles. The molecule has 0 spiro atoms. The van der Waals surface area contributed by atoms with E-state index < -0.39 is 0 Å². The maximum Gasteiger partial charge on any atom is 0.238 e. The maximum absolute atomic E-state index is 12.4. The fourth-order valence-corrected chi connectivity index (χ4v) is 4.00. The molecule has 23 heavy (non-hydrogen) atoms. The van der Waals surface area contributed by atoms with Crippen molar-refractivity contribution in [2.45, 2.75) is 19.9 Å². The molecule has 0 bridgehead atoms. The predicted octanol–water partition coefficient (Wildman–Crippen LogP) is 1.49. The molecule has 0 aliphatic carbocycles. The molecular weight excluding hydrogens is 312 g/mol. The van der Waals surface area contributed by atoms with Crippen molar-refractivity contribution >= 4 is 23.4 Å². The van der Waals surface area contributed by atoms with Crippen LogP contribution in [0.15, 0.2) is 12.4 Å². The van der Waals surface area contributed by atoms with Gasteiger partial charge >= 0.3 is 0 Å². The summed E-state index contributed by atoms with van der Waals surface area (Å²) in [5.41, 5.74) is 3.66. The van der Waals surface area contributed by atoms with Gasteiger partial charge in [-0.25, -0.2) is 0 Å². The van der Waals surface area contributed by atoms with Gasteiger partial charge < -0.3 is 5.32 Å². The molecule has 124 valence electrons. The van der Waals surface area contributed by atoms with Gasteiger partial charge in [-0.15, -0.1) is 0 Å². The highest BCUT2D eigenvalue weighted by Crippen LogP contribution is 2.29. The molecule has 8 heteroatoms. The first kappa shape index (κ1) is 16.1. The average Bonchev–Trinajstić information content (AvgIpc) is 3.08. The van der Waals surface area contributed by atoms with Gasteiger partial charge in [-0.05, 0) is 13.8 Å². The molecule has 1 atom stereocenters. The lowest BCUT2D eigenvalue weighted by Crippen LogP contribution is -2.41. The highest BCUT2D eigenvalue weighted by Gasteiger charge is 2.27. The Hall–Kier alpha value is -1.80. The summed E-state index contributed by atoms with van der Waals surface area (Å²) < 4.78 is 1.81. The number of aryl methyl sites for hydroxylation is 3. The van der Waals surface area contributed by atoms with E-state index in [0.29, 0.717) is 6.54 Å². The Morgan fingerprint density at radius 3 is 3.00 bits per heavy atom. The third-order valence-electron chi connectivity index (χ3n) is 4.09. The fraction of sp³-hybridized carbons (Fsp3) is 0.533. The van der Waals surface area contributed by atoms with Crippen LogP contribution in [0.5, 0.6) is 0 Å². The Morgan fingerprint density at radius 1 is 1.52 bits per heavy atom. The zero-order valence-corrected chi connectivity index (χ0v) is 14.5. The number of nitrogens with one attached hydrogen (secondary N) is 2. The number of H-pyrrole nitrogens is 1. The first-order chi connectivity index (χ1) is 11.0. The van der Waals surface area contributed by atoms with E-state index in [9.17, 15) is 4.79 Å². The van der Waals surface area contributed by atoms with Crippen molar-refractivity contribution in [1.82, 2.24) is 24.9 Å². The molecule has 7 nitrogen and oxygen atoms in total. The standard InChI is InChI=1S/C15H22N6OS/c1-10-15(11(2)19-18-10)17-14(22)8-21-4-5-23-9-13(21)12-6-16-20(3)7-12/h6-7,13H,4-5,8-9H2,1-3H3,(H,17,22)(H,18,19). The number of hydrogen-bond donors (Lipinski definition) is 2. The topological polar surface area (TPSA) is 78.8 Å². The van der Waals surface area contributed by atoms with E-state index in [1.807, 2.05) is 49.7 Å². The van der Waals surface area contributed by atoms with Crippen molar-refractivity contribution in [2.75, 3.05) is 29.9 Å². The number of amides is 1. The fourth-order valence-electron chi connectivity index (χ4n) is 2.84. The number of aromatic amines is 1. The first-order valence-electron chi connectivity index (χ1n) is 7.66. The minimum atomic E-state index is -0.00149. The van der Waals surface area contributed by atoms with E-state index in [2.05, 4.69) is 25.5 Å². The number of anilines is 1. The Labute approximate surface area is 139 Å². The molecule has 2 aromatic rings. The molecule has 1 fully saturated rings. The SMILES string of the molecule is Cc1n[nH]c(C)c1NC(=O)CN1CCSCC1c1cnn(C)c1. The smallest absolute Gasteiger partial charge is 0.238 e.